The Morgan fingerprint density at radius 3 is 2.89 bits per heavy atom. The van der Waals surface area contributed by atoms with Crippen LogP contribution in [0.15, 0.2) is 35.1 Å². The number of hydrogen-bond donors (Lipinski definition) is 0. The van der Waals surface area contributed by atoms with Crippen molar-refractivity contribution in [3.05, 3.63) is 52.4 Å². The van der Waals surface area contributed by atoms with E-state index in [1.165, 1.54) is 5.56 Å². The van der Waals surface area contributed by atoms with Crippen LogP contribution in [0.3, 0.4) is 0 Å². The number of fused-ring (bicyclic) bond motifs is 1. The van der Waals surface area contributed by atoms with Crippen molar-refractivity contribution in [3.8, 4) is 0 Å². The molecule has 0 N–H and O–H groups in total. The second-order valence-corrected chi connectivity index (χ2v) is 5.64. The fourth-order valence-corrected chi connectivity index (χ4v) is 3.03. The largest absolute Gasteiger partial charge is 0.364 e. The lowest BCUT2D eigenvalue weighted by molar-refractivity contribution is 0.162. The van der Waals surface area contributed by atoms with E-state index in [9.17, 15) is 0 Å². The maximum Gasteiger partial charge on any atom is 0.127 e. The molecule has 1 aliphatic heterocycles. The SMILES string of the molecule is CC(C)N1CCc2conc2C1c1ccccc1Cl. The molecule has 1 aromatic heterocycles. The molecule has 19 heavy (non-hydrogen) atoms. The van der Waals surface area contributed by atoms with Crippen LogP contribution in [0.4, 0.5) is 0 Å². The quantitative estimate of drug-likeness (QED) is 0.838. The Hall–Kier alpha value is -1.32. The van der Waals surface area contributed by atoms with Gasteiger partial charge in [0.05, 0.1) is 6.04 Å². The van der Waals surface area contributed by atoms with Gasteiger partial charge in [-0.05, 0) is 31.9 Å². The van der Waals surface area contributed by atoms with E-state index in [2.05, 4.69) is 30.0 Å². The fourth-order valence-electron chi connectivity index (χ4n) is 2.79. The molecule has 1 aliphatic rings. The van der Waals surface area contributed by atoms with E-state index in [1.54, 1.807) is 6.26 Å². The summed E-state index contributed by atoms with van der Waals surface area (Å²) >= 11 is 6.38. The third-order valence-corrected chi connectivity index (χ3v) is 4.11. The van der Waals surface area contributed by atoms with Gasteiger partial charge < -0.3 is 4.52 Å². The molecule has 0 saturated carbocycles. The highest BCUT2D eigenvalue weighted by atomic mass is 35.5. The van der Waals surface area contributed by atoms with Crippen LogP contribution >= 0.6 is 11.6 Å². The molecule has 3 rings (SSSR count). The normalized spacial score (nSPS) is 19.7. The summed E-state index contributed by atoms with van der Waals surface area (Å²) in [5.41, 5.74) is 3.31. The second-order valence-electron chi connectivity index (χ2n) is 5.23. The standard InChI is InChI=1S/C15H17ClN2O/c1-10(2)18-8-7-11-9-19-17-14(11)15(18)12-5-3-4-6-13(12)16/h3-6,9-10,15H,7-8H2,1-2H3. The van der Waals surface area contributed by atoms with Gasteiger partial charge in [-0.2, -0.15) is 0 Å². The van der Waals surface area contributed by atoms with Gasteiger partial charge in [0, 0.05) is 23.2 Å². The van der Waals surface area contributed by atoms with E-state index in [0.29, 0.717) is 6.04 Å². The molecule has 2 heterocycles. The van der Waals surface area contributed by atoms with Crippen LogP contribution in [0.5, 0.6) is 0 Å². The van der Waals surface area contributed by atoms with Crippen molar-refractivity contribution in [2.75, 3.05) is 6.54 Å². The van der Waals surface area contributed by atoms with Crippen molar-refractivity contribution >= 4 is 11.6 Å². The lowest BCUT2D eigenvalue weighted by atomic mass is 9.93. The van der Waals surface area contributed by atoms with Crippen LogP contribution in [0, 0.1) is 0 Å². The molecule has 0 spiro atoms. The molecule has 100 valence electrons. The molecule has 1 unspecified atom stereocenters. The Morgan fingerprint density at radius 2 is 2.16 bits per heavy atom. The Bertz CT molecular complexity index is 579. The van der Waals surface area contributed by atoms with Gasteiger partial charge in [-0.25, -0.2) is 0 Å². The molecule has 0 amide bonds. The molecule has 4 heteroatoms. The van der Waals surface area contributed by atoms with E-state index in [0.717, 1.165) is 29.2 Å². The minimum atomic E-state index is 0.0937. The third kappa shape index (κ3) is 2.17. The molecule has 0 radical (unpaired) electrons. The van der Waals surface area contributed by atoms with E-state index >= 15 is 0 Å². The van der Waals surface area contributed by atoms with Crippen LogP contribution in [-0.4, -0.2) is 22.6 Å². The number of benzene rings is 1. The molecule has 0 aliphatic carbocycles. The fraction of sp³-hybridized carbons (Fsp3) is 0.400. The average molecular weight is 277 g/mol. The Labute approximate surface area is 118 Å². The van der Waals surface area contributed by atoms with Crippen molar-refractivity contribution in [2.45, 2.75) is 32.4 Å². The van der Waals surface area contributed by atoms with Crippen LogP contribution in [-0.2, 0) is 6.42 Å². The van der Waals surface area contributed by atoms with Crippen LogP contribution in [0.1, 0.15) is 36.7 Å². The topological polar surface area (TPSA) is 29.3 Å². The van der Waals surface area contributed by atoms with Crippen molar-refractivity contribution < 1.29 is 4.52 Å². The van der Waals surface area contributed by atoms with Gasteiger partial charge >= 0.3 is 0 Å². The molecule has 0 bridgehead atoms. The predicted octanol–water partition coefficient (Wildman–Crippen LogP) is 3.68. The molecular formula is C15H17ClN2O. The zero-order chi connectivity index (χ0) is 13.4. The minimum Gasteiger partial charge on any atom is -0.364 e. The van der Waals surface area contributed by atoms with Crippen LogP contribution in [0.25, 0.3) is 0 Å². The molecule has 1 aromatic carbocycles. The van der Waals surface area contributed by atoms with Crippen molar-refractivity contribution in [3.63, 3.8) is 0 Å². The molecule has 0 fully saturated rings. The minimum absolute atomic E-state index is 0.0937. The first kappa shape index (κ1) is 12.7. The highest BCUT2D eigenvalue weighted by Gasteiger charge is 2.34. The highest BCUT2D eigenvalue weighted by molar-refractivity contribution is 6.31. The smallest absolute Gasteiger partial charge is 0.127 e. The second kappa shape index (κ2) is 4.99. The van der Waals surface area contributed by atoms with E-state index in [4.69, 9.17) is 16.1 Å². The number of rotatable bonds is 2. The third-order valence-electron chi connectivity index (χ3n) is 3.77. The lowest BCUT2D eigenvalue weighted by Gasteiger charge is -2.37. The first-order valence-electron chi connectivity index (χ1n) is 6.62. The summed E-state index contributed by atoms with van der Waals surface area (Å²) < 4.78 is 5.17. The average Bonchev–Trinajstić information content (AvgIpc) is 2.86. The van der Waals surface area contributed by atoms with Crippen LogP contribution < -0.4 is 0 Å². The Morgan fingerprint density at radius 1 is 1.37 bits per heavy atom. The number of hydrogen-bond acceptors (Lipinski definition) is 3. The summed E-state index contributed by atoms with van der Waals surface area (Å²) in [6.07, 6.45) is 2.74. The maximum atomic E-state index is 6.38. The van der Waals surface area contributed by atoms with E-state index < -0.39 is 0 Å². The summed E-state index contributed by atoms with van der Waals surface area (Å²) in [4.78, 5) is 2.42. The monoisotopic (exact) mass is 276 g/mol. The summed E-state index contributed by atoms with van der Waals surface area (Å²) in [7, 11) is 0. The zero-order valence-corrected chi connectivity index (χ0v) is 11.9. The van der Waals surface area contributed by atoms with Gasteiger partial charge in [-0.3, -0.25) is 4.90 Å². The molecule has 3 nitrogen and oxygen atoms in total. The van der Waals surface area contributed by atoms with Gasteiger partial charge in [0.15, 0.2) is 0 Å². The van der Waals surface area contributed by atoms with Crippen molar-refractivity contribution in [2.24, 2.45) is 0 Å². The first-order chi connectivity index (χ1) is 9.18. The predicted molar refractivity (Wildman–Crippen MR) is 75.3 cm³/mol. The molecule has 0 saturated heterocycles. The summed E-state index contributed by atoms with van der Waals surface area (Å²) in [5, 5.41) is 5.00. The maximum absolute atomic E-state index is 6.38. The Balaban J connectivity index is 2.12. The number of aromatic nitrogens is 1. The number of halogens is 1. The van der Waals surface area contributed by atoms with Gasteiger partial charge in [-0.1, -0.05) is 35.0 Å². The van der Waals surface area contributed by atoms with Crippen molar-refractivity contribution in [1.29, 1.82) is 0 Å². The highest BCUT2D eigenvalue weighted by Crippen LogP contribution is 2.38. The van der Waals surface area contributed by atoms with Gasteiger partial charge in [-0.15, -0.1) is 0 Å². The van der Waals surface area contributed by atoms with Gasteiger partial charge in [0.1, 0.15) is 12.0 Å². The zero-order valence-electron chi connectivity index (χ0n) is 11.1. The van der Waals surface area contributed by atoms with Crippen LogP contribution in [0.2, 0.25) is 5.02 Å². The van der Waals surface area contributed by atoms with Gasteiger partial charge in [0.25, 0.3) is 0 Å². The summed E-state index contributed by atoms with van der Waals surface area (Å²) in [6, 6.07) is 8.52. The van der Waals surface area contributed by atoms with E-state index in [-0.39, 0.29) is 6.04 Å². The molecule has 1 atom stereocenters. The lowest BCUT2D eigenvalue weighted by Crippen LogP contribution is -2.40. The number of nitrogens with zero attached hydrogens (tertiary/aromatic N) is 2. The summed E-state index contributed by atoms with van der Waals surface area (Å²) in [6.45, 7) is 5.41. The summed E-state index contributed by atoms with van der Waals surface area (Å²) in [5.74, 6) is 0. The molecular weight excluding hydrogens is 260 g/mol. The van der Waals surface area contributed by atoms with Crippen molar-refractivity contribution in [1.82, 2.24) is 10.1 Å². The molecule has 2 aromatic rings. The Kier molecular flexibility index (Phi) is 3.33. The van der Waals surface area contributed by atoms with E-state index in [1.807, 2.05) is 18.2 Å². The first-order valence-corrected chi connectivity index (χ1v) is 6.99. The van der Waals surface area contributed by atoms with Gasteiger partial charge in [0.2, 0.25) is 0 Å².